The third kappa shape index (κ3) is 4.80. The normalized spacial score (nSPS) is 13.3. The molecule has 1 heterocycles. The number of ether oxygens (including phenoxy) is 2. The van der Waals surface area contributed by atoms with Crippen LogP contribution in [0.15, 0.2) is 72.8 Å². The van der Waals surface area contributed by atoms with E-state index < -0.39 is 29.8 Å². The molecule has 0 bridgehead atoms. The van der Waals surface area contributed by atoms with Gasteiger partial charge in [0, 0.05) is 12.7 Å². The second-order valence-electron chi connectivity index (χ2n) is 7.77. The minimum atomic E-state index is -1.09. The van der Waals surface area contributed by atoms with E-state index in [-0.39, 0.29) is 16.7 Å². The molecular formula is C26H22N2O6. The summed E-state index contributed by atoms with van der Waals surface area (Å²) in [4.78, 5) is 50.1. The average Bonchev–Trinajstić information content (AvgIpc) is 3.07. The minimum Gasteiger partial charge on any atom is -0.489 e. The maximum absolute atomic E-state index is 12.5. The molecule has 8 nitrogen and oxygen atoms in total. The van der Waals surface area contributed by atoms with E-state index in [1.165, 1.54) is 32.2 Å². The second kappa shape index (κ2) is 9.58. The lowest BCUT2D eigenvalue weighted by Crippen LogP contribution is -2.30. The molecule has 172 valence electrons. The lowest BCUT2D eigenvalue weighted by atomic mass is 10.1. The molecule has 3 amide bonds. The average molecular weight is 458 g/mol. The molecule has 1 aliphatic rings. The molecule has 1 atom stereocenters. The first kappa shape index (κ1) is 22.7. The van der Waals surface area contributed by atoms with Crippen molar-refractivity contribution in [1.82, 2.24) is 4.90 Å². The van der Waals surface area contributed by atoms with E-state index >= 15 is 0 Å². The SMILES string of the molecule is CC(OC(=O)c1ccc2c(c1)C(=O)N(C)C2=O)C(=O)Nc1ccc(OCc2ccccc2)cc1. The molecule has 3 aromatic rings. The molecule has 8 heteroatoms. The molecule has 0 saturated carbocycles. The Kier molecular flexibility index (Phi) is 6.40. The van der Waals surface area contributed by atoms with Crippen LogP contribution in [-0.2, 0) is 16.1 Å². The molecule has 1 aliphatic heterocycles. The van der Waals surface area contributed by atoms with Gasteiger partial charge in [-0.1, -0.05) is 30.3 Å². The number of nitrogens with one attached hydrogen (secondary N) is 1. The van der Waals surface area contributed by atoms with Crippen molar-refractivity contribution in [2.45, 2.75) is 19.6 Å². The molecule has 0 aromatic heterocycles. The second-order valence-corrected chi connectivity index (χ2v) is 7.77. The van der Waals surface area contributed by atoms with Gasteiger partial charge in [-0.05, 0) is 55.0 Å². The van der Waals surface area contributed by atoms with Gasteiger partial charge >= 0.3 is 5.97 Å². The zero-order valence-corrected chi connectivity index (χ0v) is 18.6. The van der Waals surface area contributed by atoms with Gasteiger partial charge < -0.3 is 14.8 Å². The molecule has 1 N–H and O–H groups in total. The first-order chi connectivity index (χ1) is 16.3. The third-order valence-corrected chi connectivity index (χ3v) is 5.35. The highest BCUT2D eigenvalue weighted by Crippen LogP contribution is 2.23. The monoisotopic (exact) mass is 458 g/mol. The standard InChI is InChI=1S/C26H22N2O6/c1-16(34-26(32)18-8-13-21-22(14-18)25(31)28(2)24(21)30)23(29)27-19-9-11-20(12-10-19)33-15-17-6-4-3-5-7-17/h3-14,16H,15H2,1-2H3,(H,27,29). The summed E-state index contributed by atoms with van der Waals surface area (Å²) in [6, 6.07) is 20.7. The molecule has 4 rings (SSSR count). The Morgan fingerprint density at radius 2 is 1.59 bits per heavy atom. The van der Waals surface area contributed by atoms with Crippen LogP contribution < -0.4 is 10.1 Å². The van der Waals surface area contributed by atoms with Crippen LogP contribution in [-0.4, -0.2) is 41.7 Å². The maximum atomic E-state index is 12.5. The fourth-order valence-corrected chi connectivity index (χ4v) is 3.39. The van der Waals surface area contributed by atoms with Crippen molar-refractivity contribution in [2.75, 3.05) is 12.4 Å². The molecule has 34 heavy (non-hydrogen) atoms. The minimum absolute atomic E-state index is 0.0785. The zero-order chi connectivity index (χ0) is 24.2. The Morgan fingerprint density at radius 3 is 2.29 bits per heavy atom. The molecule has 0 spiro atoms. The van der Waals surface area contributed by atoms with Crippen LogP contribution in [0.4, 0.5) is 5.69 Å². The van der Waals surface area contributed by atoms with E-state index in [2.05, 4.69) is 5.32 Å². The number of imide groups is 1. The topological polar surface area (TPSA) is 102 Å². The van der Waals surface area contributed by atoms with Crippen molar-refractivity contribution in [3.8, 4) is 5.75 Å². The van der Waals surface area contributed by atoms with Crippen molar-refractivity contribution in [2.24, 2.45) is 0 Å². The van der Waals surface area contributed by atoms with E-state index in [0.717, 1.165) is 10.5 Å². The molecule has 0 fully saturated rings. The van der Waals surface area contributed by atoms with Crippen LogP contribution in [0.25, 0.3) is 0 Å². The number of amides is 3. The highest BCUT2D eigenvalue weighted by molar-refractivity contribution is 6.21. The quantitative estimate of drug-likeness (QED) is 0.428. The summed E-state index contributed by atoms with van der Waals surface area (Å²) in [6.07, 6.45) is -1.09. The highest BCUT2D eigenvalue weighted by atomic mass is 16.5. The number of benzene rings is 3. The van der Waals surface area contributed by atoms with Crippen LogP contribution in [0, 0.1) is 0 Å². The number of carbonyl (C=O) groups excluding carboxylic acids is 4. The number of carbonyl (C=O) groups is 4. The fourth-order valence-electron chi connectivity index (χ4n) is 3.39. The van der Waals surface area contributed by atoms with E-state index in [4.69, 9.17) is 9.47 Å². The van der Waals surface area contributed by atoms with Crippen molar-refractivity contribution in [1.29, 1.82) is 0 Å². The number of hydrogen-bond donors (Lipinski definition) is 1. The smallest absolute Gasteiger partial charge is 0.338 e. The largest absolute Gasteiger partial charge is 0.489 e. The molecular weight excluding hydrogens is 436 g/mol. The summed E-state index contributed by atoms with van der Waals surface area (Å²) in [5, 5.41) is 2.68. The number of anilines is 1. The number of rotatable bonds is 7. The summed E-state index contributed by atoms with van der Waals surface area (Å²) < 4.78 is 11.0. The maximum Gasteiger partial charge on any atom is 0.338 e. The van der Waals surface area contributed by atoms with Gasteiger partial charge in [0.1, 0.15) is 12.4 Å². The van der Waals surface area contributed by atoms with Gasteiger partial charge in [0.05, 0.1) is 16.7 Å². The first-order valence-electron chi connectivity index (χ1n) is 10.6. The van der Waals surface area contributed by atoms with Crippen molar-refractivity contribution >= 4 is 29.4 Å². The molecule has 0 radical (unpaired) electrons. The van der Waals surface area contributed by atoms with Crippen LogP contribution in [0.2, 0.25) is 0 Å². The summed E-state index contributed by atoms with van der Waals surface area (Å²) in [6.45, 7) is 1.87. The Balaban J connectivity index is 1.32. The summed E-state index contributed by atoms with van der Waals surface area (Å²) >= 11 is 0. The van der Waals surface area contributed by atoms with E-state index in [9.17, 15) is 19.2 Å². The van der Waals surface area contributed by atoms with E-state index in [1.807, 2.05) is 30.3 Å². The lowest BCUT2D eigenvalue weighted by molar-refractivity contribution is -0.123. The summed E-state index contributed by atoms with van der Waals surface area (Å²) in [5.41, 5.74) is 2.00. The Bertz CT molecular complexity index is 1250. The van der Waals surface area contributed by atoms with E-state index in [1.54, 1.807) is 24.3 Å². The van der Waals surface area contributed by atoms with Gasteiger partial charge in [0.25, 0.3) is 17.7 Å². The van der Waals surface area contributed by atoms with Crippen LogP contribution >= 0.6 is 0 Å². The Labute approximate surface area is 196 Å². The van der Waals surface area contributed by atoms with Crippen molar-refractivity contribution in [3.63, 3.8) is 0 Å². The van der Waals surface area contributed by atoms with Gasteiger partial charge in [0.15, 0.2) is 6.10 Å². The van der Waals surface area contributed by atoms with Gasteiger partial charge in [-0.15, -0.1) is 0 Å². The zero-order valence-electron chi connectivity index (χ0n) is 18.6. The van der Waals surface area contributed by atoms with Gasteiger partial charge in [-0.25, -0.2) is 4.79 Å². The van der Waals surface area contributed by atoms with Gasteiger partial charge in [0.2, 0.25) is 0 Å². The number of nitrogens with zero attached hydrogens (tertiary/aromatic N) is 1. The summed E-state index contributed by atoms with van der Waals surface area (Å²) in [5.74, 6) is -1.55. The van der Waals surface area contributed by atoms with Gasteiger partial charge in [-0.3, -0.25) is 19.3 Å². The van der Waals surface area contributed by atoms with Crippen molar-refractivity contribution < 1.29 is 28.7 Å². The predicted octanol–water partition coefficient (Wildman–Crippen LogP) is 3.68. The molecule has 1 unspecified atom stereocenters. The molecule has 3 aromatic carbocycles. The van der Waals surface area contributed by atoms with Gasteiger partial charge in [-0.2, -0.15) is 0 Å². The van der Waals surface area contributed by atoms with E-state index in [0.29, 0.717) is 18.0 Å². The van der Waals surface area contributed by atoms with Crippen molar-refractivity contribution in [3.05, 3.63) is 95.1 Å². The third-order valence-electron chi connectivity index (χ3n) is 5.35. The number of fused-ring (bicyclic) bond motifs is 1. The number of esters is 1. The Morgan fingerprint density at radius 1 is 0.912 bits per heavy atom. The highest BCUT2D eigenvalue weighted by Gasteiger charge is 2.33. The van der Waals surface area contributed by atoms with Crippen LogP contribution in [0.5, 0.6) is 5.75 Å². The lowest BCUT2D eigenvalue weighted by Gasteiger charge is -2.14. The molecule has 0 saturated heterocycles. The predicted molar refractivity (Wildman–Crippen MR) is 124 cm³/mol. The fraction of sp³-hybridized carbons (Fsp3) is 0.154. The first-order valence-corrected chi connectivity index (χ1v) is 10.6. The number of hydrogen-bond acceptors (Lipinski definition) is 6. The molecule has 0 aliphatic carbocycles. The van der Waals surface area contributed by atoms with Crippen LogP contribution in [0.3, 0.4) is 0 Å². The van der Waals surface area contributed by atoms with Crippen LogP contribution in [0.1, 0.15) is 43.6 Å². The summed E-state index contributed by atoms with van der Waals surface area (Å²) in [7, 11) is 1.37. The Hall–Kier alpha value is -4.46.